The van der Waals surface area contributed by atoms with Gasteiger partial charge >= 0.3 is 0 Å². The molecule has 0 fully saturated rings. The molecule has 1 atom stereocenters. The number of fused-ring (bicyclic) bond motifs is 1. The smallest absolute Gasteiger partial charge is 0.227 e. The molecule has 2 N–H and O–H groups in total. The van der Waals surface area contributed by atoms with E-state index >= 15 is 0 Å². The summed E-state index contributed by atoms with van der Waals surface area (Å²) in [5.74, 6) is 1.85. The molecule has 0 spiro atoms. The van der Waals surface area contributed by atoms with E-state index < -0.39 is 0 Å². The lowest BCUT2D eigenvalue weighted by Crippen LogP contribution is -2.32. The van der Waals surface area contributed by atoms with Crippen LogP contribution in [0.5, 0.6) is 0 Å². The van der Waals surface area contributed by atoms with Crippen molar-refractivity contribution in [3.8, 4) is 11.4 Å². The summed E-state index contributed by atoms with van der Waals surface area (Å²) in [6.45, 7) is 4.12. The summed E-state index contributed by atoms with van der Waals surface area (Å²) in [6.07, 6.45) is 0.649. The summed E-state index contributed by atoms with van der Waals surface area (Å²) in [5, 5.41) is 7.07. The Balaban J connectivity index is 1.39. The zero-order chi connectivity index (χ0) is 20.2. The van der Waals surface area contributed by atoms with E-state index in [0.29, 0.717) is 18.1 Å². The van der Waals surface area contributed by atoms with Crippen LogP contribution < -0.4 is 5.32 Å². The Morgan fingerprint density at radius 2 is 1.83 bits per heavy atom. The van der Waals surface area contributed by atoms with Crippen LogP contribution in [0, 0.1) is 5.92 Å². The quantitative estimate of drug-likeness (QED) is 0.497. The molecule has 2 heterocycles. The van der Waals surface area contributed by atoms with Gasteiger partial charge in [0.05, 0.1) is 17.1 Å². The number of nitrogens with one attached hydrogen (secondary N) is 2. The van der Waals surface area contributed by atoms with Gasteiger partial charge in [-0.3, -0.25) is 4.79 Å². The van der Waals surface area contributed by atoms with Crippen molar-refractivity contribution in [2.45, 2.75) is 32.7 Å². The molecule has 4 aromatic rings. The number of aromatic amines is 1. The van der Waals surface area contributed by atoms with Gasteiger partial charge in [-0.05, 0) is 18.1 Å². The minimum Gasteiger partial charge on any atom is -0.346 e. The first-order valence-electron chi connectivity index (χ1n) is 9.72. The van der Waals surface area contributed by atoms with E-state index in [1.165, 1.54) is 0 Å². The fourth-order valence-corrected chi connectivity index (χ4v) is 3.20. The van der Waals surface area contributed by atoms with Crippen molar-refractivity contribution in [2.75, 3.05) is 0 Å². The number of benzene rings is 2. The summed E-state index contributed by atoms with van der Waals surface area (Å²) in [6, 6.07) is 17.3. The second kappa shape index (κ2) is 8.26. The summed E-state index contributed by atoms with van der Waals surface area (Å²) in [5.41, 5.74) is 2.74. The Bertz CT molecular complexity index is 1070. The molecule has 0 radical (unpaired) electrons. The number of H-pyrrole nitrogens is 1. The van der Waals surface area contributed by atoms with Gasteiger partial charge in [-0.15, -0.1) is 0 Å². The van der Waals surface area contributed by atoms with E-state index in [2.05, 4.69) is 39.3 Å². The number of rotatable bonds is 7. The Kier molecular flexibility index (Phi) is 5.37. The first-order valence-corrected chi connectivity index (χ1v) is 9.72. The normalized spacial score (nSPS) is 12.4. The molecule has 7 heteroatoms. The van der Waals surface area contributed by atoms with Gasteiger partial charge in [-0.1, -0.05) is 61.5 Å². The molecule has 29 heavy (non-hydrogen) atoms. The minimum absolute atomic E-state index is 0.0800. The van der Waals surface area contributed by atoms with Crippen molar-refractivity contribution in [1.29, 1.82) is 0 Å². The largest absolute Gasteiger partial charge is 0.346 e. The maximum atomic E-state index is 12.6. The third-order valence-corrected chi connectivity index (χ3v) is 4.75. The molecule has 148 valence electrons. The molecule has 0 saturated carbocycles. The Morgan fingerprint density at radius 3 is 2.59 bits per heavy atom. The van der Waals surface area contributed by atoms with E-state index in [9.17, 15) is 4.79 Å². The molecule has 7 nitrogen and oxygen atoms in total. The van der Waals surface area contributed by atoms with Crippen LogP contribution in [-0.2, 0) is 11.2 Å². The SMILES string of the molecule is CC(C)[C@@H](NC(=O)CCc1nc(-c2ccccc2)no1)c1nc2ccccc2[nH]1. The number of carbonyl (C=O) groups is 1. The van der Waals surface area contributed by atoms with Crippen LogP contribution in [0.3, 0.4) is 0 Å². The van der Waals surface area contributed by atoms with Crippen LogP contribution in [0.1, 0.15) is 38.0 Å². The molecular weight excluding hydrogens is 366 g/mol. The molecule has 4 rings (SSSR count). The number of aromatic nitrogens is 4. The molecule has 0 saturated heterocycles. The number of para-hydroxylation sites is 2. The zero-order valence-corrected chi connectivity index (χ0v) is 16.4. The molecule has 0 aliphatic carbocycles. The van der Waals surface area contributed by atoms with E-state index in [4.69, 9.17) is 4.52 Å². The Hall–Kier alpha value is -3.48. The number of amides is 1. The second-order valence-electron chi connectivity index (χ2n) is 7.31. The molecule has 2 aromatic heterocycles. The molecule has 0 bridgehead atoms. The summed E-state index contributed by atoms with van der Waals surface area (Å²) >= 11 is 0. The highest BCUT2D eigenvalue weighted by Crippen LogP contribution is 2.22. The monoisotopic (exact) mass is 389 g/mol. The third kappa shape index (κ3) is 4.34. The highest BCUT2D eigenvalue weighted by atomic mass is 16.5. The third-order valence-electron chi connectivity index (χ3n) is 4.75. The number of carbonyl (C=O) groups excluding carboxylic acids is 1. The second-order valence-corrected chi connectivity index (χ2v) is 7.31. The van der Waals surface area contributed by atoms with Crippen molar-refractivity contribution < 1.29 is 9.32 Å². The van der Waals surface area contributed by atoms with Crippen molar-refractivity contribution in [2.24, 2.45) is 5.92 Å². The van der Waals surface area contributed by atoms with Gasteiger partial charge in [0.2, 0.25) is 17.6 Å². The predicted octanol–water partition coefficient (Wildman–Crippen LogP) is 4.06. The highest BCUT2D eigenvalue weighted by molar-refractivity contribution is 5.77. The van der Waals surface area contributed by atoms with Crippen LogP contribution in [0.4, 0.5) is 0 Å². The number of imidazole rings is 1. The molecular formula is C22H23N5O2. The minimum atomic E-state index is -0.197. The Labute approximate surface area is 168 Å². The molecule has 2 aromatic carbocycles. The topological polar surface area (TPSA) is 96.7 Å². The van der Waals surface area contributed by atoms with Crippen LogP contribution in [0.15, 0.2) is 59.1 Å². The van der Waals surface area contributed by atoms with Crippen LogP contribution in [0.25, 0.3) is 22.4 Å². The number of nitrogens with zero attached hydrogens (tertiary/aromatic N) is 3. The molecule has 0 aliphatic heterocycles. The number of aryl methyl sites for hydroxylation is 1. The lowest BCUT2D eigenvalue weighted by atomic mass is 10.0. The first-order chi connectivity index (χ1) is 14.1. The lowest BCUT2D eigenvalue weighted by molar-refractivity contribution is -0.122. The predicted molar refractivity (Wildman–Crippen MR) is 110 cm³/mol. The number of hydrogen-bond donors (Lipinski definition) is 2. The molecule has 1 amide bonds. The van der Waals surface area contributed by atoms with Crippen molar-refractivity contribution in [3.63, 3.8) is 0 Å². The fraction of sp³-hybridized carbons (Fsp3) is 0.273. The van der Waals surface area contributed by atoms with Gasteiger partial charge in [-0.25, -0.2) is 4.98 Å². The van der Waals surface area contributed by atoms with Crippen molar-refractivity contribution in [1.82, 2.24) is 25.4 Å². The van der Waals surface area contributed by atoms with Gasteiger partial charge < -0.3 is 14.8 Å². The van der Waals surface area contributed by atoms with Gasteiger partial charge in [0.1, 0.15) is 5.82 Å². The Morgan fingerprint density at radius 1 is 1.07 bits per heavy atom. The molecule has 0 unspecified atom stereocenters. The standard InChI is InChI=1S/C22H23N5O2/c1-14(2)20(22-23-16-10-6-7-11-17(16)24-22)25-18(28)12-13-19-26-21(27-29-19)15-8-4-3-5-9-15/h3-11,14,20H,12-13H2,1-2H3,(H,23,24)(H,25,28)/t20-/m1/s1. The van der Waals surface area contributed by atoms with Crippen molar-refractivity contribution >= 4 is 16.9 Å². The average Bonchev–Trinajstić information content (AvgIpc) is 3.38. The summed E-state index contributed by atoms with van der Waals surface area (Å²) in [7, 11) is 0. The van der Waals surface area contributed by atoms with Crippen LogP contribution in [-0.4, -0.2) is 26.0 Å². The zero-order valence-electron chi connectivity index (χ0n) is 16.4. The van der Waals surface area contributed by atoms with Gasteiger partial charge in [0.15, 0.2) is 0 Å². The lowest BCUT2D eigenvalue weighted by Gasteiger charge is -2.20. The van der Waals surface area contributed by atoms with Gasteiger partial charge in [0.25, 0.3) is 0 Å². The summed E-state index contributed by atoms with van der Waals surface area (Å²) in [4.78, 5) is 24.9. The first kappa shape index (κ1) is 18.9. The van der Waals surface area contributed by atoms with Crippen LogP contribution in [0.2, 0.25) is 0 Å². The van der Waals surface area contributed by atoms with E-state index in [1.807, 2.05) is 54.6 Å². The highest BCUT2D eigenvalue weighted by Gasteiger charge is 2.22. The van der Waals surface area contributed by atoms with E-state index in [-0.39, 0.29) is 24.3 Å². The van der Waals surface area contributed by atoms with Crippen LogP contribution >= 0.6 is 0 Å². The van der Waals surface area contributed by atoms with Gasteiger partial charge in [0, 0.05) is 18.4 Å². The van der Waals surface area contributed by atoms with Crippen molar-refractivity contribution in [3.05, 3.63) is 66.3 Å². The van der Waals surface area contributed by atoms with Gasteiger partial charge in [-0.2, -0.15) is 4.98 Å². The number of hydrogen-bond acceptors (Lipinski definition) is 5. The average molecular weight is 389 g/mol. The van der Waals surface area contributed by atoms with E-state index in [1.54, 1.807) is 0 Å². The molecule has 0 aliphatic rings. The fourth-order valence-electron chi connectivity index (χ4n) is 3.20. The maximum Gasteiger partial charge on any atom is 0.227 e. The maximum absolute atomic E-state index is 12.6. The summed E-state index contributed by atoms with van der Waals surface area (Å²) < 4.78 is 5.29. The van der Waals surface area contributed by atoms with E-state index in [0.717, 1.165) is 22.4 Å².